The van der Waals surface area contributed by atoms with Gasteiger partial charge in [0.2, 0.25) is 0 Å². The Hall–Kier alpha value is -1.59. The van der Waals surface area contributed by atoms with E-state index in [-0.39, 0.29) is 6.01 Å². The maximum absolute atomic E-state index is 10.6. The summed E-state index contributed by atoms with van der Waals surface area (Å²) < 4.78 is 4.78. The first-order chi connectivity index (χ1) is 5.22. The van der Waals surface area contributed by atoms with Gasteiger partial charge in [-0.05, 0) is 6.92 Å². The average molecular weight is 157 g/mol. The Morgan fingerprint density at radius 2 is 2.18 bits per heavy atom. The van der Waals surface area contributed by atoms with Crippen LogP contribution in [0.2, 0.25) is 0 Å². The summed E-state index contributed by atoms with van der Waals surface area (Å²) >= 11 is 0. The molecular weight excluding hydrogens is 150 g/mol. The minimum Gasteiger partial charge on any atom is -0.465 e. The second-order valence-corrected chi connectivity index (χ2v) is 1.73. The number of H-pyrrole nitrogens is 2. The molecule has 1 rings (SSSR count). The molecule has 0 aliphatic rings. The Morgan fingerprint density at radius 3 is 2.73 bits per heavy atom. The fourth-order valence-corrected chi connectivity index (χ4v) is 0.579. The van der Waals surface area contributed by atoms with Crippen molar-refractivity contribution < 1.29 is 4.74 Å². The van der Waals surface area contributed by atoms with Gasteiger partial charge in [-0.15, -0.1) is 4.98 Å². The Bertz CT molecular complexity index is 311. The third-order valence-electron chi connectivity index (χ3n) is 0.925. The van der Waals surface area contributed by atoms with Gasteiger partial charge in [0.1, 0.15) is 0 Å². The topological polar surface area (TPSA) is 87.8 Å². The first-order valence-electron chi connectivity index (χ1n) is 3.06. The highest BCUT2D eigenvalue weighted by molar-refractivity contribution is 4.87. The number of aromatic amines is 2. The molecule has 1 heterocycles. The molecule has 1 aromatic rings. The quantitative estimate of drug-likeness (QED) is 0.567. The van der Waals surface area contributed by atoms with Crippen molar-refractivity contribution in [2.45, 2.75) is 6.92 Å². The van der Waals surface area contributed by atoms with Crippen LogP contribution in [0, 0.1) is 0 Å². The van der Waals surface area contributed by atoms with Gasteiger partial charge in [0.05, 0.1) is 6.61 Å². The Labute approximate surface area is 61.3 Å². The Morgan fingerprint density at radius 1 is 1.45 bits per heavy atom. The lowest BCUT2D eigenvalue weighted by Gasteiger charge is -1.96. The molecule has 0 bridgehead atoms. The van der Waals surface area contributed by atoms with E-state index in [9.17, 15) is 9.59 Å². The highest BCUT2D eigenvalue weighted by Crippen LogP contribution is 1.89. The third kappa shape index (κ3) is 1.92. The molecule has 0 atom stereocenters. The Balaban J connectivity index is 3.09. The number of hydrogen-bond acceptors (Lipinski definition) is 4. The smallest absolute Gasteiger partial charge is 0.353 e. The molecule has 60 valence electrons. The zero-order chi connectivity index (χ0) is 8.27. The predicted octanol–water partition coefficient (Wildman–Crippen LogP) is -1.14. The van der Waals surface area contributed by atoms with Crippen molar-refractivity contribution in [1.29, 1.82) is 0 Å². The van der Waals surface area contributed by atoms with Crippen molar-refractivity contribution in [2.24, 2.45) is 0 Å². The van der Waals surface area contributed by atoms with Crippen LogP contribution in [-0.4, -0.2) is 21.6 Å². The first kappa shape index (κ1) is 7.52. The van der Waals surface area contributed by atoms with Crippen LogP contribution in [0.1, 0.15) is 6.92 Å². The normalized spacial score (nSPS) is 9.55. The number of rotatable bonds is 2. The van der Waals surface area contributed by atoms with Crippen LogP contribution in [0.4, 0.5) is 0 Å². The second kappa shape index (κ2) is 3.00. The molecule has 0 amide bonds. The van der Waals surface area contributed by atoms with E-state index in [1.807, 2.05) is 4.98 Å². The van der Waals surface area contributed by atoms with Gasteiger partial charge in [0.25, 0.3) is 0 Å². The second-order valence-electron chi connectivity index (χ2n) is 1.73. The van der Waals surface area contributed by atoms with Gasteiger partial charge in [0, 0.05) is 0 Å². The molecule has 11 heavy (non-hydrogen) atoms. The average Bonchev–Trinajstić information content (AvgIpc) is 1.85. The summed E-state index contributed by atoms with van der Waals surface area (Å²) in [7, 11) is 0. The van der Waals surface area contributed by atoms with Crippen LogP contribution < -0.4 is 16.1 Å². The lowest BCUT2D eigenvalue weighted by molar-refractivity contribution is 0.308. The minimum absolute atomic E-state index is 0.0544. The SMILES string of the molecule is CCOc1nc(=O)[nH]c(=O)[nH]1. The number of hydrogen-bond donors (Lipinski definition) is 2. The van der Waals surface area contributed by atoms with E-state index >= 15 is 0 Å². The molecule has 0 saturated carbocycles. The van der Waals surface area contributed by atoms with E-state index in [2.05, 4.69) is 9.97 Å². The van der Waals surface area contributed by atoms with Gasteiger partial charge in [-0.1, -0.05) is 0 Å². The lowest BCUT2D eigenvalue weighted by atomic mass is 10.8. The maximum atomic E-state index is 10.6. The maximum Gasteiger partial charge on any atom is 0.353 e. The van der Waals surface area contributed by atoms with E-state index in [4.69, 9.17) is 4.74 Å². The molecule has 1 aromatic heterocycles. The van der Waals surface area contributed by atoms with Gasteiger partial charge in [-0.3, -0.25) is 9.97 Å². The van der Waals surface area contributed by atoms with Gasteiger partial charge < -0.3 is 4.74 Å². The molecule has 0 saturated heterocycles. The molecule has 0 radical (unpaired) electrons. The van der Waals surface area contributed by atoms with Crippen molar-refractivity contribution in [2.75, 3.05) is 6.61 Å². The third-order valence-corrected chi connectivity index (χ3v) is 0.925. The summed E-state index contributed by atoms with van der Waals surface area (Å²) in [6.45, 7) is 2.08. The van der Waals surface area contributed by atoms with Gasteiger partial charge >= 0.3 is 17.4 Å². The fourth-order valence-electron chi connectivity index (χ4n) is 0.579. The van der Waals surface area contributed by atoms with Gasteiger partial charge in [-0.25, -0.2) is 9.59 Å². The minimum atomic E-state index is -0.711. The molecule has 0 aliphatic carbocycles. The standard InChI is InChI=1S/C5H7N3O3/c1-2-11-5-7-3(9)6-4(10)8-5/h2H2,1H3,(H2,6,7,8,9,10). The summed E-state index contributed by atoms with van der Waals surface area (Å²) in [5.41, 5.74) is -1.33. The van der Waals surface area contributed by atoms with E-state index in [1.165, 1.54) is 0 Å². The summed E-state index contributed by atoms with van der Waals surface area (Å²) in [5, 5.41) is 0. The van der Waals surface area contributed by atoms with E-state index < -0.39 is 11.4 Å². The number of aromatic nitrogens is 3. The van der Waals surface area contributed by atoms with Crippen molar-refractivity contribution in [3.63, 3.8) is 0 Å². The molecule has 2 N–H and O–H groups in total. The van der Waals surface area contributed by atoms with Crippen molar-refractivity contribution in [1.82, 2.24) is 15.0 Å². The van der Waals surface area contributed by atoms with Crippen molar-refractivity contribution >= 4 is 0 Å². The molecule has 0 spiro atoms. The van der Waals surface area contributed by atoms with E-state index in [1.54, 1.807) is 6.92 Å². The van der Waals surface area contributed by atoms with Crippen LogP contribution in [-0.2, 0) is 0 Å². The molecular formula is C5H7N3O3. The zero-order valence-electron chi connectivity index (χ0n) is 5.88. The largest absolute Gasteiger partial charge is 0.465 e. The van der Waals surface area contributed by atoms with Crippen molar-refractivity contribution in [3.8, 4) is 6.01 Å². The molecule has 0 fully saturated rings. The monoisotopic (exact) mass is 157 g/mol. The van der Waals surface area contributed by atoms with Crippen LogP contribution in [0.3, 0.4) is 0 Å². The predicted molar refractivity (Wildman–Crippen MR) is 36.6 cm³/mol. The lowest BCUT2D eigenvalue weighted by Crippen LogP contribution is -2.25. The molecule has 6 heteroatoms. The fraction of sp³-hybridized carbons (Fsp3) is 0.400. The number of nitrogens with zero attached hydrogens (tertiary/aromatic N) is 1. The van der Waals surface area contributed by atoms with E-state index in [0.717, 1.165) is 0 Å². The molecule has 0 aliphatic heterocycles. The van der Waals surface area contributed by atoms with Crippen LogP contribution in [0.15, 0.2) is 9.59 Å². The molecule has 0 unspecified atom stereocenters. The van der Waals surface area contributed by atoms with Crippen LogP contribution in [0.25, 0.3) is 0 Å². The van der Waals surface area contributed by atoms with Crippen LogP contribution >= 0.6 is 0 Å². The highest BCUT2D eigenvalue weighted by Gasteiger charge is 1.95. The summed E-state index contributed by atoms with van der Waals surface area (Å²) in [4.78, 5) is 28.5. The van der Waals surface area contributed by atoms with Gasteiger partial charge in [-0.2, -0.15) is 0 Å². The Kier molecular flexibility index (Phi) is 2.05. The van der Waals surface area contributed by atoms with E-state index in [0.29, 0.717) is 6.61 Å². The highest BCUT2D eigenvalue weighted by atomic mass is 16.5. The van der Waals surface area contributed by atoms with Gasteiger partial charge in [0.15, 0.2) is 0 Å². The number of ether oxygens (including phenoxy) is 1. The van der Waals surface area contributed by atoms with Crippen molar-refractivity contribution in [3.05, 3.63) is 21.0 Å². The summed E-state index contributed by atoms with van der Waals surface area (Å²) in [5.74, 6) is 0. The number of nitrogens with one attached hydrogen (secondary N) is 2. The first-order valence-corrected chi connectivity index (χ1v) is 3.06. The summed E-state index contributed by atoms with van der Waals surface area (Å²) in [6.07, 6.45) is 0. The van der Waals surface area contributed by atoms with Crippen LogP contribution in [0.5, 0.6) is 6.01 Å². The summed E-state index contributed by atoms with van der Waals surface area (Å²) in [6, 6.07) is -0.0544. The zero-order valence-corrected chi connectivity index (χ0v) is 5.88. The molecule has 6 nitrogen and oxygen atoms in total. The molecule has 0 aromatic carbocycles.